The summed E-state index contributed by atoms with van der Waals surface area (Å²) in [5, 5.41) is 3.35. The van der Waals surface area contributed by atoms with E-state index in [0.717, 1.165) is 32.7 Å². The summed E-state index contributed by atoms with van der Waals surface area (Å²) in [6.45, 7) is 6.15. The molecule has 4 heteroatoms. The Bertz CT molecular complexity index is 497. The zero-order valence-electron chi connectivity index (χ0n) is 12.7. The molecule has 2 unspecified atom stereocenters. The Morgan fingerprint density at radius 3 is 3.05 bits per heavy atom. The molecule has 0 saturated carbocycles. The van der Waals surface area contributed by atoms with Crippen LogP contribution in [0.5, 0.6) is 0 Å². The van der Waals surface area contributed by atoms with E-state index in [9.17, 15) is 4.79 Å². The van der Waals surface area contributed by atoms with Crippen molar-refractivity contribution in [3.8, 4) is 0 Å². The van der Waals surface area contributed by atoms with Crippen LogP contribution in [0.4, 0.5) is 0 Å². The van der Waals surface area contributed by atoms with E-state index >= 15 is 0 Å². The molecule has 1 aromatic rings. The van der Waals surface area contributed by atoms with Gasteiger partial charge in [-0.2, -0.15) is 0 Å². The van der Waals surface area contributed by atoms with Crippen LogP contribution >= 0.6 is 0 Å². The van der Waals surface area contributed by atoms with Crippen molar-refractivity contribution < 1.29 is 9.53 Å². The van der Waals surface area contributed by atoms with E-state index in [1.54, 1.807) is 0 Å². The van der Waals surface area contributed by atoms with Crippen LogP contribution in [0.3, 0.4) is 0 Å². The van der Waals surface area contributed by atoms with Crippen LogP contribution in [-0.4, -0.2) is 49.7 Å². The molecule has 4 nitrogen and oxygen atoms in total. The van der Waals surface area contributed by atoms with Crippen molar-refractivity contribution in [3.63, 3.8) is 0 Å². The van der Waals surface area contributed by atoms with Crippen molar-refractivity contribution in [2.45, 2.75) is 31.7 Å². The van der Waals surface area contributed by atoms with E-state index in [0.29, 0.717) is 18.9 Å². The normalized spacial score (nSPS) is 26.0. The number of rotatable bonds is 3. The second-order valence-corrected chi connectivity index (χ2v) is 6.11. The molecule has 0 radical (unpaired) electrons. The molecule has 1 aromatic carbocycles. The van der Waals surface area contributed by atoms with Gasteiger partial charge in [0, 0.05) is 38.0 Å². The Morgan fingerprint density at radius 1 is 1.43 bits per heavy atom. The molecule has 0 aliphatic carbocycles. The van der Waals surface area contributed by atoms with Crippen LogP contribution in [-0.2, 0) is 9.53 Å². The molecule has 0 bridgehead atoms. The first-order chi connectivity index (χ1) is 10.2. The lowest BCUT2D eigenvalue weighted by molar-refractivity contribution is -0.131. The first-order valence-electron chi connectivity index (χ1n) is 7.88. The van der Waals surface area contributed by atoms with Crippen molar-refractivity contribution >= 4 is 5.91 Å². The number of amides is 1. The van der Waals surface area contributed by atoms with E-state index in [1.165, 1.54) is 11.1 Å². The topological polar surface area (TPSA) is 41.6 Å². The third-order valence-corrected chi connectivity index (χ3v) is 4.59. The summed E-state index contributed by atoms with van der Waals surface area (Å²) in [6, 6.07) is 8.71. The summed E-state index contributed by atoms with van der Waals surface area (Å²) in [7, 11) is 0. The number of aryl methyl sites for hydroxylation is 1. The van der Waals surface area contributed by atoms with Crippen LogP contribution in [0, 0.1) is 6.92 Å². The first-order valence-corrected chi connectivity index (χ1v) is 7.88. The highest BCUT2D eigenvalue weighted by Gasteiger charge is 2.29. The van der Waals surface area contributed by atoms with E-state index in [1.807, 2.05) is 4.90 Å². The number of carbonyl (C=O) groups excluding carboxylic acids is 1. The number of likely N-dealkylation sites (tertiary alicyclic amines) is 1. The number of carbonyl (C=O) groups is 1. The van der Waals surface area contributed by atoms with Crippen molar-refractivity contribution in [2.75, 3.05) is 32.8 Å². The van der Waals surface area contributed by atoms with Gasteiger partial charge in [0.15, 0.2) is 0 Å². The summed E-state index contributed by atoms with van der Waals surface area (Å²) in [5.41, 5.74) is 2.73. The van der Waals surface area contributed by atoms with Gasteiger partial charge in [-0.1, -0.05) is 24.3 Å². The molecule has 1 N–H and O–H groups in total. The summed E-state index contributed by atoms with van der Waals surface area (Å²) in [6.07, 6.45) is 1.63. The minimum absolute atomic E-state index is 0.184. The number of ether oxygens (including phenoxy) is 1. The fourth-order valence-corrected chi connectivity index (χ4v) is 3.38. The maximum atomic E-state index is 12.4. The van der Waals surface area contributed by atoms with E-state index in [2.05, 4.69) is 36.5 Å². The number of hydrogen-bond acceptors (Lipinski definition) is 3. The summed E-state index contributed by atoms with van der Waals surface area (Å²) >= 11 is 0. The Balaban J connectivity index is 1.56. The zero-order chi connectivity index (χ0) is 14.7. The molecule has 0 spiro atoms. The molecule has 114 valence electrons. The lowest BCUT2D eigenvalue weighted by atomic mass is 9.94. The average Bonchev–Trinajstić information content (AvgIpc) is 2.98. The molecule has 2 saturated heterocycles. The van der Waals surface area contributed by atoms with Crippen LogP contribution in [0.2, 0.25) is 0 Å². The largest absolute Gasteiger partial charge is 0.378 e. The third kappa shape index (κ3) is 3.44. The molecule has 3 rings (SSSR count). The highest BCUT2D eigenvalue weighted by atomic mass is 16.5. The first kappa shape index (κ1) is 14.5. The van der Waals surface area contributed by atoms with Gasteiger partial charge in [0.2, 0.25) is 5.91 Å². The zero-order valence-corrected chi connectivity index (χ0v) is 12.7. The summed E-state index contributed by atoms with van der Waals surface area (Å²) < 4.78 is 5.42. The summed E-state index contributed by atoms with van der Waals surface area (Å²) in [4.78, 5) is 14.4. The Kier molecular flexibility index (Phi) is 4.56. The van der Waals surface area contributed by atoms with E-state index in [4.69, 9.17) is 4.74 Å². The predicted octanol–water partition coefficient (Wildman–Crippen LogP) is 1.69. The maximum absolute atomic E-state index is 12.4. The molecule has 2 fully saturated rings. The molecule has 2 heterocycles. The molecular formula is C17H24N2O2. The second kappa shape index (κ2) is 6.58. The standard InChI is InChI=1S/C17H24N2O2/c1-13-4-2-3-5-16(13)14-6-8-19(11-14)17(20)10-15-12-21-9-7-18-15/h2-5,14-15,18H,6-12H2,1H3. The van der Waals surface area contributed by atoms with Crippen LogP contribution in [0.25, 0.3) is 0 Å². The SMILES string of the molecule is Cc1ccccc1C1CCN(C(=O)CC2COCCN2)C1. The van der Waals surface area contributed by atoms with Crippen molar-refractivity contribution in [2.24, 2.45) is 0 Å². The van der Waals surface area contributed by atoms with E-state index < -0.39 is 0 Å². The van der Waals surface area contributed by atoms with E-state index in [-0.39, 0.29) is 11.9 Å². The molecule has 1 amide bonds. The number of morpholine rings is 1. The fraction of sp³-hybridized carbons (Fsp3) is 0.588. The van der Waals surface area contributed by atoms with Gasteiger partial charge in [0.1, 0.15) is 0 Å². The smallest absolute Gasteiger partial charge is 0.224 e. The highest BCUT2D eigenvalue weighted by molar-refractivity contribution is 5.77. The van der Waals surface area contributed by atoms with Gasteiger partial charge in [-0.15, -0.1) is 0 Å². The van der Waals surface area contributed by atoms with Crippen LogP contribution in [0.1, 0.15) is 29.9 Å². The number of nitrogens with zero attached hydrogens (tertiary/aromatic N) is 1. The Morgan fingerprint density at radius 2 is 2.29 bits per heavy atom. The van der Waals surface area contributed by atoms with Gasteiger partial charge in [-0.05, 0) is 24.5 Å². The highest BCUT2D eigenvalue weighted by Crippen LogP contribution is 2.29. The van der Waals surface area contributed by atoms with Crippen molar-refractivity contribution in [3.05, 3.63) is 35.4 Å². The number of hydrogen-bond donors (Lipinski definition) is 1. The molecule has 21 heavy (non-hydrogen) atoms. The maximum Gasteiger partial charge on any atom is 0.224 e. The fourth-order valence-electron chi connectivity index (χ4n) is 3.38. The Labute approximate surface area is 126 Å². The van der Waals surface area contributed by atoms with Crippen LogP contribution < -0.4 is 5.32 Å². The van der Waals surface area contributed by atoms with Gasteiger partial charge < -0.3 is 15.0 Å². The van der Waals surface area contributed by atoms with Gasteiger partial charge in [0.05, 0.1) is 13.2 Å². The quantitative estimate of drug-likeness (QED) is 0.920. The van der Waals surface area contributed by atoms with Gasteiger partial charge in [-0.3, -0.25) is 4.79 Å². The average molecular weight is 288 g/mol. The lowest BCUT2D eigenvalue weighted by Crippen LogP contribution is -2.44. The van der Waals surface area contributed by atoms with Gasteiger partial charge in [-0.25, -0.2) is 0 Å². The Hall–Kier alpha value is -1.39. The number of benzene rings is 1. The molecule has 0 aromatic heterocycles. The van der Waals surface area contributed by atoms with Gasteiger partial charge in [0.25, 0.3) is 0 Å². The predicted molar refractivity (Wildman–Crippen MR) is 82.3 cm³/mol. The third-order valence-electron chi connectivity index (χ3n) is 4.59. The number of nitrogens with one attached hydrogen (secondary N) is 1. The lowest BCUT2D eigenvalue weighted by Gasteiger charge is -2.25. The van der Waals surface area contributed by atoms with Crippen LogP contribution in [0.15, 0.2) is 24.3 Å². The summed E-state index contributed by atoms with van der Waals surface area (Å²) in [5.74, 6) is 0.750. The molecule has 2 aliphatic heterocycles. The molecule has 2 aliphatic rings. The molecule has 2 atom stereocenters. The minimum atomic E-state index is 0.184. The van der Waals surface area contributed by atoms with Crippen molar-refractivity contribution in [1.82, 2.24) is 10.2 Å². The van der Waals surface area contributed by atoms with Crippen molar-refractivity contribution in [1.29, 1.82) is 0 Å². The monoisotopic (exact) mass is 288 g/mol. The second-order valence-electron chi connectivity index (χ2n) is 6.11. The minimum Gasteiger partial charge on any atom is -0.378 e. The van der Waals surface area contributed by atoms with Gasteiger partial charge >= 0.3 is 0 Å². The molecular weight excluding hydrogens is 264 g/mol.